The number of nitro benzene ring substituents is 1. The summed E-state index contributed by atoms with van der Waals surface area (Å²) in [6.45, 7) is 0.475. The number of benzene rings is 4. The Morgan fingerprint density at radius 1 is 0.809 bits per heavy atom. The van der Waals surface area contributed by atoms with E-state index in [2.05, 4.69) is 0 Å². The van der Waals surface area contributed by atoms with Crippen LogP contribution in [0, 0.1) is 10.1 Å². The Labute approximate surface area is 263 Å². The van der Waals surface area contributed by atoms with Gasteiger partial charge in [0.25, 0.3) is 5.69 Å². The number of rotatable bonds is 9. The second-order valence-electron chi connectivity index (χ2n) is 10.5. The highest BCUT2D eigenvalue weighted by atomic mass is 19.4. The summed E-state index contributed by atoms with van der Waals surface area (Å²) in [7, 11) is 0. The van der Waals surface area contributed by atoms with Crippen LogP contribution in [0.3, 0.4) is 0 Å². The highest BCUT2D eigenvalue weighted by Crippen LogP contribution is 2.45. The van der Waals surface area contributed by atoms with E-state index in [1.165, 1.54) is 59.5 Å². The van der Waals surface area contributed by atoms with Crippen molar-refractivity contribution >= 4 is 23.0 Å². The molecule has 4 aromatic carbocycles. The van der Waals surface area contributed by atoms with Crippen molar-refractivity contribution in [2.45, 2.75) is 19.0 Å². The smallest absolute Gasteiger partial charge is 0.420 e. The number of nitrogens with zero attached hydrogens (tertiary/aromatic N) is 3. The molecule has 47 heavy (non-hydrogen) atoms. The lowest BCUT2D eigenvalue weighted by Crippen LogP contribution is -2.46. The number of ether oxygens (including phenoxy) is 2. The van der Waals surface area contributed by atoms with Crippen molar-refractivity contribution in [3.8, 4) is 17.2 Å². The fourth-order valence-electron chi connectivity index (χ4n) is 5.01. The summed E-state index contributed by atoms with van der Waals surface area (Å²) in [5.41, 5.74) is -2.19. The summed E-state index contributed by atoms with van der Waals surface area (Å²) in [4.78, 5) is 25.3. The zero-order valence-electron chi connectivity index (χ0n) is 24.2. The maximum Gasteiger partial charge on any atom is 0.420 e. The summed E-state index contributed by atoms with van der Waals surface area (Å²) in [5, 5.41) is 21.0. The van der Waals surface area contributed by atoms with Crippen molar-refractivity contribution in [1.29, 1.82) is 0 Å². The van der Waals surface area contributed by atoms with Crippen molar-refractivity contribution in [3.63, 3.8) is 0 Å². The van der Waals surface area contributed by atoms with E-state index in [4.69, 9.17) is 14.6 Å². The second kappa shape index (κ2) is 13.1. The molecule has 0 radical (unpaired) electrons. The van der Waals surface area contributed by atoms with Crippen LogP contribution < -0.4 is 19.3 Å². The van der Waals surface area contributed by atoms with Crippen LogP contribution >= 0.6 is 0 Å². The van der Waals surface area contributed by atoms with Crippen molar-refractivity contribution < 1.29 is 50.6 Å². The lowest BCUT2D eigenvalue weighted by atomic mass is 10.1. The topological polar surface area (TPSA) is 105 Å². The van der Waals surface area contributed by atoms with Gasteiger partial charge in [-0.25, -0.2) is 4.79 Å². The van der Waals surface area contributed by atoms with E-state index in [1.54, 1.807) is 11.0 Å². The van der Waals surface area contributed by atoms with Crippen LogP contribution in [-0.4, -0.2) is 42.2 Å². The summed E-state index contributed by atoms with van der Waals surface area (Å²) in [6.07, 6.45) is -9.54. The molecule has 0 atom stereocenters. The molecule has 1 heterocycles. The zero-order valence-corrected chi connectivity index (χ0v) is 24.2. The van der Waals surface area contributed by atoms with E-state index in [9.17, 15) is 41.3 Å². The third-order valence-corrected chi connectivity index (χ3v) is 7.38. The molecule has 4 aromatic rings. The van der Waals surface area contributed by atoms with E-state index < -0.39 is 45.8 Å². The Morgan fingerprint density at radius 3 is 2.09 bits per heavy atom. The SMILES string of the molecule is O=C(O)c1cccc(OCc2ccc(Oc3cc(N4CCN(c5cccc(C(F)(F)F)c5)CC4)c([N+](=O)[O-])cc3C(F)(F)F)cc2)c1. The minimum Gasteiger partial charge on any atom is -0.489 e. The average molecular weight is 662 g/mol. The molecule has 0 unspecified atom stereocenters. The lowest BCUT2D eigenvalue weighted by Gasteiger charge is -2.37. The first-order valence-electron chi connectivity index (χ1n) is 14.0. The number of aromatic carboxylic acids is 1. The first-order valence-corrected chi connectivity index (χ1v) is 14.0. The molecule has 0 bridgehead atoms. The molecule has 0 aromatic heterocycles. The Balaban J connectivity index is 1.35. The maximum atomic E-state index is 14.1. The van der Waals surface area contributed by atoms with Gasteiger partial charge in [0.15, 0.2) is 0 Å². The summed E-state index contributed by atoms with van der Waals surface area (Å²) in [6, 6.07) is 17.8. The molecule has 0 aliphatic carbocycles. The summed E-state index contributed by atoms with van der Waals surface area (Å²) >= 11 is 0. The Bertz CT molecular complexity index is 1770. The molecule has 15 heteroatoms. The van der Waals surface area contributed by atoms with Gasteiger partial charge in [-0.2, -0.15) is 26.3 Å². The van der Waals surface area contributed by atoms with Crippen molar-refractivity contribution in [3.05, 3.63) is 117 Å². The molecule has 0 saturated carbocycles. The van der Waals surface area contributed by atoms with Crippen molar-refractivity contribution in [2.75, 3.05) is 36.0 Å². The highest BCUT2D eigenvalue weighted by molar-refractivity contribution is 5.88. The fraction of sp³-hybridized carbons (Fsp3) is 0.219. The predicted octanol–water partition coefficient (Wildman–Crippen LogP) is 8.03. The van der Waals surface area contributed by atoms with Crippen LogP contribution in [0.4, 0.5) is 43.4 Å². The van der Waals surface area contributed by atoms with E-state index in [0.29, 0.717) is 23.1 Å². The van der Waals surface area contributed by atoms with Crippen molar-refractivity contribution in [1.82, 2.24) is 0 Å². The molecule has 5 rings (SSSR count). The van der Waals surface area contributed by atoms with Crippen LogP contribution in [0.2, 0.25) is 0 Å². The number of carboxylic acid groups (broad SMARTS) is 1. The van der Waals surface area contributed by atoms with Gasteiger partial charge in [0.2, 0.25) is 0 Å². The highest BCUT2D eigenvalue weighted by Gasteiger charge is 2.39. The molecular weight excluding hydrogens is 636 g/mol. The maximum absolute atomic E-state index is 14.1. The number of hydrogen-bond acceptors (Lipinski definition) is 7. The summed E-state index contributed by atoms with van der Waals surface area (Å²) < 4.78 is 93.0. The van der Waals surface area contributed by atoms with Crippen LogP contribution in [-0.2, 0) is 19.0 Å². The van der Waals surface area contributed by atoms with Crippen LogP contribution in [0.25, 0.3) is 0 Å². The minimum atomic E-state index is -5.00. The molecule has 1 N–H and O–H groups in total. The average Bonchev–Trinajstić information content (AvgIpc) is 3.03. The standard InChI is InChI=1S/C32H25F6N3O6/c33-31(34,35)22-4-2-5-23(16-22)39-11-13-40(14-12-39)27-18-29(26(32(36,37)38)17-28(27)41(44)45)47-24-9-7-20(8-10-24)19-46-25-6-1-3-21(15-25)30(42)43/h1-10,15-18H,11-14,19H2,(H,42,43). The van der Waals surface area contributed by atoms with Gasteiger partial charge in [-0.05, 0) is 54.1 Å². The van der Waals surface area contributed by atoms with Crippen LogP contribution in [0.15, 0.2) is 84.9 Å². The number of halogens is 6. The zero-order chi connectivity index (χ0) is 33.9. The van der Waals surface area contributed by atoms with Gasteiger partial charge in [0.05, 0.1) is 16.1 Å². The monoisotopic (exact) mass is 661 g/mol. The number of alkyl halides is 6. The fourth-order valence-corrected chi connectivity index (χ4v) is 5.01. The second-order valence-corrected chi connectivity index (χ2v) is 10.5. The van der Waals surface area contributed by atoms with Gasteiger partial charge in [0, 0.05) is 44.0 Å². The van der Waals surface area contributed by atoms with Crippen LogP contribution in [0.1, 0.15) is 27.0 Å². The van der Waals surface area contributed by atoms with Gasteiger partial charge in [-0.3, -0.25) is 10.1 Å². The first kappa shape index (κ1) is 32.9. The minimum absolute atomic E-state index is 0.00120. The Kier molecular flexibility index (Phi) is 9.17. The largest absolute Gasteiger partial charge is 0.489 e. The quantitative estimate of drug-likeness (QED) is 0.109. The molecular formula is C32H25F6N3O6. The molecule has 1 saturated heterocycles. The first-order chi connectivity index (χ1) is 22.2. The van der Waals surface area contributed by atoms with E-state index in [-0.39, 0.29) is 49.8 Å². The number of nitro groups is 1. The summed E-state index contributed by atoms with van der Waals surface area (Å²) in [5.74, 6) is -1.50. The number of carbonyl (C=O) groups is 1. The van der Waals surface area contributed by atoms with E-state index in [1.807, 2.05) is 0 Å². The van der Waals surface area contributed by atoms with Gasteiger partial charge in [-0.1, -0.05) is 24.3 Å². The predicted molar refractivity (Wildman–Crippen MR) is 158 cm³/mol. The molecule has 246 valence electrons. The lowest BCUT2D eigenvalue weighted by molar-refractivity contribution is -0.384. The van der Waals surface area contributed by atoms with Gasteiger partial charge < -0.3 is 24.4 Å². The number of hydrogen-bond donors (Lipinski definition) is 1. The van der Waals surface area contributed by atoms with Gasteiger partial charge >= 0.3 is 18.3 Å². The third kappa shape index (κ3) is 7.85. The van der Waals surface area contributed by atoms with Gasteiger partial charge in [-0.15, -0.1) is 0 Å². The number of anilines is 2. The molecule has 9 nitrogen and oxygen atoms in total. The molecule has 0 spiro atoms. The molecule has 1 aliphatic rings. The van der Waals surface area contributed by atoms with Gasteiger partial charge in [0.1, 0.15) is 35.1 Å². The van der Waals surface area contributed by atoms with E-state index >= 15 is 0 Å². The number of carboxylic acids is 1. The van der Waals surface area contributed by atoms with Crippen molar-refractivity contribution in [2.24, 2.45) is 0 Å². The van der Waals surface area contributed by atoms with Crippen LogP contribution in [0.5, 0.6) is 17.2 Å². The normalized spacial score (nSPS) is 13.7. The van der Waals surface area contributed by atoms with E-state index in [0.717, 1.165) is 18.2 Å². The molecule has 1 aliphatic heterocycles. The Hall–Kier alpha value is -5.47. The third-order valence-electron chi connectivity index (χ3n) is 7.38. The number of piperazine rings is 1. The Morgan fingerprint density at radius 2 is 1.47 bits per heavy atom. The molecule has 1 fully saturated rings. The molecule has 0 amide bonds.